The fourth-order valence-corrected chi connectivity index (χ4v) is 5.10. The summed E-state index contributed by atoms with van der Waals surface area (Å²) in [4.78, 5) is 0. The van der Waals surface area contributed by atoms with Crippen molar-refractivity contribution < 1.29 is 22.3 Å². The molecule has 120 valence electrons. The minimum absolute atomic E-state index is 0.519. The maximum atomic E-state index is 14.0. The average molecular weight is 315 g/mol. The molecule has 4 saturated carbocycles. The van der Waals surface area contributed by atoms with Crippen LogP contribution in [0.1, 0.15) is 38.5 Å². The third-order valence-corrected chi connectivity index (χ3v) is 5.56. The molecule has 4 fully saturated rings. The number of ether oxygens (including phenoxy) is 1. The number of nitrogens with two attached hydrogens (primary N) is 1. The smallest absolute Gasteiger partial charge is 0.206 e. The van der Waals surface area contributed by atoms with Crippen LogP contribution in [0.5, 0.6) is 5.75 Å². The van der Waals surface area contributed by atoms with Gasteiger partial charge >= 0.3 is 0 Å². The molecule has 1 aromatic carbocycles. The summed E-state index contributed by atoms with van der Waals surface area (Å²) in [6.45, 7) is 0. The molecule has 5 rings (SSSR count). The zero-order chi connectivity index (χ0) is 15.6. The summed E-state index contributed by atoms with van der Waals surface area (Å²) in [6.07, 6.45) is 5.68. The maximum Gasteiger partial charge on any atom is 0.206 e. The second-order valence-corrected chi connectivity index (χ2v) is 7.20. The van der Waals surface area contributed by atoms with Gasteiger partial charge in [-0.2, -0.15) is 4.39 Å². The zero-order valence-electron chi connectivity index (χ0n) is 12.0. The Labute approximate surface area is 125 Å². The maximum absolute atomic E-state index is 14.0. The van der Waals surface area contributed by atoms with Gasteiger partial charge in [-0.05, 0) is 56.3 Å². The van der Waals surface area contributed by atoms with E-state index in [2.05, 4.69) is 0 Å². The van der Waals surface area contributed by atoms with Crippen LogP contribution in [0.4, 0.5) is 23.2 Å². The molecule has 0 atom stereocenters. The largest absolute Gasteiger partial charge is 0.482 e. The van der Waals surface area contributed by atoms with E-state index in [1.54, 1.807) is 0 Å². The van der Waals surface area contributed by atoms with E-state index in [0.717, 1.165) is 38.5 Å². The van der Waals surface area contributed by atoms with Gasteiger partial charge in [0.05, 0.1) is 0 Å². The molecule has 0 unspecified atom stereocenters. The summed E-state index contributed by atoms with van der Waals surface area (Å²) < 4.78 is 60.0. The summed E-state index contributed by atoms with van der Waals surface area (Å²) in [7, 11) is 0. The molecule has 2 nitrogen and oxygen atoms in total. The Morgan fingerprint density at radius 1 is 0.773 bits per heavy atom. The molecule has 6 heteroatoms. The van der Waals surface area contributed by atoms with E-state index in [4.69, 9.17) is 10.5 Å². The summed E-state index contributed by atoms with van der Waals surface area (Å²) in [5.74, 6) is -5.99. The molecule has 0 radical (unpaired) electrons. The molecule has 2 N–H and O–H groups in total. The van der Waals surface area contributed by atoms with Crippen molar-refractivity contribution in [2.75, 3.05) is 5.73 Å². The van der Waals surface area contributed by atoms with E-state index < -0.39 is 40.3 Å². The Morgan fingerprint density at radius 2 is 1.23 bits per heavy atom. The molecule has 0 saturated heterocycles. The van der Waals surface area contributed by atoms with E-state index in [9.17, 15) is 17.6 Å². The van der Waals surface area contributed by atoms with Crippen LogP contribution in [0.2, 0.25) is 0 Å². The highest BCUT2D eigenvalue weighted by Gasteiger charge is 2.53. The first-order valence-corrected chi connectivity index (χ1v) is 7.69. The number of nitrogen functional groups attached to an aromatic ring is 1. The molecular weight excluding hydrogens is 298 g/mol. The molecule has 4 bridgehead atoms. The highest BCUT2D eigenvalue weighted by molar-refractivity contribution is 5.55. The number of hydrogen-bond acceptors (Lipinski definition) is 2. The van der Waals surface area contributed by atoms with Crippen molar-refractivity contribution >= 4 is 5.69 Å². The molecule has 0 spiro atoms. The van der Waals surface area contributed by atoms with Crippen LogP contribution in [-0.4, -0.2) is 5.60 Å². The summed E-state index contributed by atoms with van der Waals surface area (Å²) in [5.41, 5.74) is 4.04. The highest BCUT2D eigenvalue weighted by Crippen LogP contribution is 2.57. The Kier molecular flexibility index (Phi) is 2.91. The predicted molar refractivity (Wildman–Crippen MR) is 72.2 cm³/mol. The second kappa shape index (κ2) is 4.52. The van der Waals surface area contributed by atoms with Crippen LogP contribution < -0.4 is 10.5 Å². The van der Waals surface area contributed by atoms with Gasteiger partial charge in [0, 0.05) is 0 Å². The lowest BCUT2D eigenvalue weighted by Crippen LogP contribution is -2.53. The quantitative estimate of drug-likeness (QED) is 0.385. The van der Waals surface area contributed by atoms with Crippen LogP contribution in [0, 0.1) is 41.0 Å². The van der Waals surface area contributed by atoms with Crippen molar-refractivity contribution in [3.05, 3.63) is 23.3 Å². The number of benzene rings is 1. The van der Waals surface area contributed by atoms with E-state index in [1.807, 2.05) is 0 Å². The summed E-state index contributed by atoms with van der Waals surface area (Å²) in [5, 5.41) is 0. The van der Waals surface area contributed by atoms with Gasteiger partial charge in [-0.3, -0.25) is 0 Å². The van der Waals surface area contributed by atoms with Gasteiger partial charge in [-0.25, -0.2) is 13.2 Å². The van der Waals surface area contributed by atoms with Gasteiger partial charge < -0.3 is 10.5 Å². The van der Waals surface area contributed by atoms with Crippen molar-refractivity contribution in [3.8, 4) is 5.75 Å². The lowest BCUT2D eigenvalue weighted by molar-refractivity contribution is -0.109. The molecule has 0 aromatic heterocycles. The number of halogens is 4. The van der Waals surface area contributed by atoms with Crippen molar-refractivity contribution in [1.29, 1.82) is 0 Å². The molecule has 22 heavy (non-hydrogen) atoms. The van der Waals surface area contributed by atoms with Crippen molar-refractivity contribution in [2.24, 2.45) is 17.8 Å². The van der Waals surface area contributed by atoms with Crippen LogP contribution in [0.3, 0.4) is 0 Å². The third-order valence-electron chi connectivity index (χ3n) is 5.56. The van der Waals surface area contributed by atoms with E-state index in [1.165, 1.54) is 0 Å². The second-order valence-electron chi connectivity index (χ2n) is 7.20. The number of rotatable bonds is 2. The van der Waals surface area contributed by atoms with Gasteiger partial charge in [0.25, 0.3) is 0 Å². The molecule has 0 amide bonds. The first-order chi connectivity index (χ1) is 10.4. The fourth-order valence-electron chi connectivity index (χ4n) is 5.10. The van der Waals surface area contributed by atoms with Crippen molar-refractivity contribution in [2.45, 2.75) is 44.1 Å². The lowest BCUT2D eigenvalue weighted by Gasteiger charge is -2.56. The zero-order valence-corrected chi connectivity index (χ0v) is 12.0. The Morgan fingerprint density at radius 3 is 1.73 bits per heavy atom. The van der Waals surface area contributed by atoms with E-state index in [-0.39, 0.29) is 0 Å². The number of anilines is 1. The topological polar surface area (TPSA) is 35.2 Å². The predicted octanol–water partition coefficient (Wildman–Crippen LogP) is 4.17. The number of hydrogen-bond donors (Lipinski definition) is 1. The molecule has 1 aromatic rings. The standard InChI is InChI=1S/C16H17F4NO/c17-10-11(18)13(20)15(14(21)12(10)19)22-16-4-7-1-8(5-16)3-9(2-7)6-16/h7-9H,1-6,21H2. The van der Waals surface area contributed by atoms with Crippen LogP contribution in [-0.2, 0) is 0 Å². The molecule has 0 aliphatic heterocycles. The van der Waals surface area contributed by atoms with Crippen molar-refractivity contribution in [3.63, 3.8) is 0 Å². The van der Waals surface area contributed by atoms with Gasteiger partial charge in [0.1, 0.15) is 11.3 Å². The Balaban J connectivity index is 1.73. The van der Waals surface area contributed by atoms with Gasteiger partial charge in [-0.1, -0.05) is 0 Å². The molecule has 4 aliphatic rings. The van der Waals surface area contributed by atoms with Crippen molar-refractivity contribution in [1.82, 2.24) is 0 Å². The highest BCUT2D eigenvalue weighted by atomic mass is 19.2. The summed E-state index contributed by atoms with van der Waals surface area (Å²) >= 11 is 0. The lowest BCUT2D eigenvalue weighted by atomic mass is 9.54. The average Bonchev–Trinajstić information content (AvgIpc) is 2.46. The summed E-state index contributed by atoms with van der Waals surface area (Å²) in [6, 6.07) is 0. The van der Waals surface area contributed by atoms with E-state index >= 15 is 0 Å². The molecule has 0 heterocycles. The minimum atomic E-state index is -1.90. The Bertz CT molecular complexity index is 581. The van der Waals surface area contributed by atoms with Crippen LogP contribution >= 0.6 is 0 Å². The van der Waals surface area contributed by atoms with Gasteiger partial charge in [0.15, 0.2) is 17.4 Å². The first kappa shape index (κ1) is 14.2. The fraction of sp³-hybridized carbons (Fsp3) is 0.625. The van der Waals surface area contributed by atoms with Crippen LogP contribution in [0.15, 0.2) is 0 Å². The minimum Gasteiger partial charge on any atom is -0.482 e. The monoisotopic (exact) mass is 315 g/mol. The van der Waals surface area contributed by atoms with Gasteiger partial charge in [-0.15, -0.1) is 0 Å². The van der Waals surface area contributed by atoms with Crippen LogP contribution in [0.25, 0.3) is 0 Å². The van der Waals surface area contributed by atoms with Gasteiger partial charge in [0.2, 0.25) is 11.6 Å². The SMILES string of the molecule is Nc1c(F)c(F)c(F)c(F)c1OC12CC3CC(CC(C3)C1)C2. The Hall–Kier alpha value is -1.46. The molecule has 4 aliphatic carbocycles. The molecular formula is C16H17F4NO. The first-order valence-electron chi connectivity index (χ1n) is 7.69. The normalized spacial score (nSPS) is 35.9. The van der Waals surface area contributed by atoms with E-state index in [0.29, 0.717) is 17.8 Å². The third kappa shape index (κ3) is 1.92.